The number of sulfone groups is 1. The molecule has 6 nitrogen and oxygen atoms in total. The first-order valence-electron chi connectivity index (χ1n) is 6.17. The van der Waals surface area contributed by atoms with Gasteiger partial charge < -0.3 is 10.0 Å². The Kier molecular flexibility index (Phi) is 5.74. The lowest BCUT2D eigenvalue weighted by atomic mass is 10.2. The summed E-state index contributed by atoms with van der Waals surface area (Å²) in [5, 5.41) is 8.71. The zero-order valence-corrected chi connectivity index (χ0v) is 13.2. The molecule has 0 aliphatic heterocycles. The summed E-state index contributed by atoms with van der Waals surface area (Å²) in [6, 6.07) is 3.97. The predicted molar refractivity (Wildman–Crippen MR) is 78.4 cm³/mol. The molecule has 1 aromatic carbocycles. The third kappa shape index (κ3) is 4.71. The highest BCUT2D eigenvalue weighted by atomic mass is 35.5. The van der Waals surface area contributed by atoms with E-state index in [1.165, 1.54) is 23.1 Å². The Hall–Kier alpha value is -1.60. The van der Waals surface area contributed by atoms with Crippen LogP contribution in [0.4, 0.5) is 0 Å². The van der Waals surface area contributed by atoms with Crippen LogP contribution in [0.2, 0.25) is 5.02 Å². The van der Waals surface area contributed by atoms with Crippen molar-refractivity contribution in [3.05, 3.63) is 28.8 Å². The Labute approximate surface area is 128 Å². The highest BCUT2D eigenvalue weighted by Crippen LogP contribution is 2.23. The second kappa shape index (κ2) is 6.91. The van der Waals surface area contributed by atoms with Crippen molar-refractivity contribution in [2.24, 2.45) is 0 Å². The molecule has 8 heteroatoms. The Balaban J connectivity index is 3.09. The topological polar surface area (TPSA) is 91.8 Å². The molecule has 1 aromatic rings. The van der Waals surface area contributed by atoms with Crippen LogP contribution >= 0.6 is 11.6 Å². The number of amides is 1. The Bertz CT molecular complexity index is 657. The van der Waals surface area contributed by atoms with E-state index in [2.05, 4.69) is 0 Å². The number of carboxylic acid groups (broad SMARTS) is 1. The Morgan fingerprint density at radius 1 is 1.33 bits per heavy atom. The second-order valence-corrected chi connectivity index (χ2v) is 6.84. The molecule has 0 spiro atoms. The fourth-order valence-electron chi connectivity index (χ4n) is 1.74. The number of carbonyl (C=O) groups is 2. The minimum absolute atomic E-state index is 0.0441. The van der Waals surface area contributed by atoms with Gasteiger partial charge in [0.05, 0.1) is 16.3 Å². The van der Waals surface area contributed by atoms with Crippen LogP contribution in [-0.2, 0) is 14.6 Å². The number of halogens is 1. The van der Waals surface area contributed by atoms with Crippen LogP contribution in [-0.4, -0.2) is 49.6 Å². The summed E-state index contributed by atoms with van der Waals surface area (Å²) in [6.45, 7) is 2.09. The molecule has 0 bridgehead atoms. The lowest BCUT2D eigenvalue weighted by Crippen LogP contribution is -2.32. The van der Waals surface area contributed by atoms with Crippen LogP contribution in [0, 0.1) is 0 Å². The van der Waals surface area contributed by atoms with Crippen LogP contribution in [0.3, 0.4) is 0 Å². The SMILES string of the molecule is CCN(CCC(=O)O)C(=O)c1ccc(Cl)c(S(C)(=O)=O)c1. The van der Waals surface area contributed by atoms with E-state index in [-0.39, 0.29) is 28.4 Å². The van der Waals surface area contributed by atoms with Gasteiger partial charge in [-0.3, -0.25) is 9.59 Å². The maximum atomic E-state index is 12.3. The van der Waals surface area contributed by atoms with Crippen LogP contribution < -0.4 is 0 Å². The third-order valence-electron chi connectivity index (χ3n) is 2.84. The maximum Gasteiger partial charge on any atom is 0.305 e. The standard InChI is InChI=1S/C13H16ClNO5S/c1-3-15(7-6-12(16)17)13(18)9-4-5-10(14)11(8-9)21(2,19)20/h4-5,8H,3,6-7H2,1-2H3,(H,16,17). The number of benzene rings is 1. The highest BCUT2D eigenvalue weighted by Gasteiger charge is 2.19. The largest absolute Gasteiger partial charge is 0.481 e. The molecule has 1 N–H and O–H groups in total. The molecule has 0 saturated carbocycles. The van der Waals surface area contributed by atoms with E-state index in [0.29, 0.717) is 6.54 Å². The summed E-state index contributed by atoms with van der Waals surface area (Å²) in [6.07, 6.45) is 0.830. The van der Waals surface area contributed by atoms with E-state index in [0.717, 1.165) is 6.26 Å². The van der Waals surface area contributed by atoms with Gasteiger partial charge in [0, 0.05) is 24.9 Å². The van der Waals surface area contributed by atoms with Crippen molar-refractivity contribution >= 4 is 33.3 Å². The average Bonchev–Trinajstić information content (AvgIpc) is 2.38. The van der Waals surface area contributed by atoms with Crippen molar-refractivity contribution in [3.63, 3.8) is 0 Å². The molecule has 0 atom stereocenters. The van der Waals surface area contributed by atoms with Gasteiger partial charge >= 0.3 is 5.97 Å². The fraction of sp³-hybridized carbons (Fsp3) is 0.385. The summed E-state index contributed by atoms with van der Waals surface area (Å²) >= 11 is 5.82. The predicted octanol–water partition coefficient (Wildman–Crippen LogP) is 1.68. The lowest BCUT2D eigenvalue weighted by Gasteiger charge is -2.20. The molecule has 0 fully saturated rings. The monoisotopic (exact) mass is 333 g/mol. The minimum Gasteiger partial charge on any atom is -0.481 e. The van der Waals surface area contributed by atoms with Crippen LogP contribution in [0.5, 0.6) is 0 Å². The second-order valence-electron chi connectivity index (χ2n) is 4.45. The molecule has 0 radical (unpaired) electrons. The van der Waals surface area contributed by atoms with Gasteiger partial charge in [0.1, 0.15) is 0 Å². The van der Waals surface area contributed by atoms with Crippen molar-refractivity contribution in [1.29, 1.82) is 0 Å². The quantitative estimate of drug-likeness (QED) is 0.855. The number of nitrogens with zero attached hydrogens (tertiary/aromatic N) is 1. The Morgan fingerprint density at radius 2 is 1.95 bits per heavy atom. The summed E-state index contributed by atoms with van der Waals surface area (Å²) in [4.78, 5) is 24.1. The van der Waals surface area contributed by atoms with Crippen LogP contribution in [0.15, 0.2) is 23.1 Å². The van der Waals surface area contributed by atoms with Crippen LogP contribution in [0.25, 0.3) is 0 Å². The highest BCUT2D eigenvalue weighted by molar-refractivity contribution is 7.90. The molecule has 21 heavy (non-hydrogen) atoms. The van der Waals surface area contributed by atoms with Crippen molar-refractivity contribution < 1.29 is 23.1 Å². The van der Waals surface area contributed by atoms with Gasteiger partial charge in [-0.05, 0) is 25.1 Å². The molecule has 1 rings (SSSR count). The lowest BCUT2D eigenvalue weighted by molar-refractivity contribution is -0.137. The molecular weight excluding hydrogens is 318 g/mol. The third-order valence-corrected chi connectivity index (χ3v) is 4.42. The smallest absolute Gasteiger partial charge is 0.305 e. The molecule has 116 valence electrons. The van der Waals surface area contributed by atoms with Gasteiger partial charge in [-0.15, -0.1) is 0 Å². The molecule has 0 saturated heterocycles. The van der Waals surface area contributed by atoms with E-state index in [9.17, 15) is 18.0 Å². The first-order chi connectivity index (χ1) is 9.66. The number of aliphatic carboxylic acids is 1. The summed E-state index contributed by atoms with van der Waals surface area (Å²) in [5.74, 6) is -1.44. The summed E-state index contributed by atoms with van der Waals surface area (Å²) in [5.41, 5.74) is 0.159. The van der Waals surface area contributed by atoms with Crippen molar-refractivity contribution in [2.75, 3.05) is 19.3 Å². The zero-order valence-electron chi connectivity index (χ0n) is 11.7. The van der Waals surface area contributed by atoms with E-state index >= 15 is 0 Å². The van der Waals surface area contributed by atoms with Crippen molar-refractivity contribution in [1.82, 2.24) is 4.90 Å². The van der Waals surface area contributed by atoms with Gasteiger partial charge in [0.15, 0.2) is 9.84 Å². The number of rotatable bonds is 6. The number of carboxylic acids is 1. The molecule has 0 aromatic heterocycles. The summed E-state index contributed by atoms with van der Waals surface area (Å²) < 4.78 is 23.2. The van der Waals surface area contributed by atoms with Gasteiger partial charge in [-0.2, -0.15) is 0 Å². The van der Waals surface area contributed by atoms with Crippen LogP contribution in [0.1, 0.15) is 23.7 Å². The van der Waals surface area contributed by atoms with Gasteiger partial charge in [-0.1, -0.05) is 11.6 Å². The molecule has 0 unspecified atom stereocenters. The molecule has 0 heterocycles. The van der Waals surface area contributed by atoms with E-state index in [4.69, 9.17) is 16.7 Å². The van der Waals surface area contributed by atoms with Gasteiger partial charge in [0.25, 0.3) is 5.91 Å². The van der Waals surface area contributed by atoms with Crippen molar-refractivity contribution in [3.8, 4) is 0 Å². The van der Waals surface area contributed by atoms with E-state index < -0.39 is 21.7 Å². The molecular formula is C13H16ClNO5S. The first-order valence-corrected chi connectivity index (χ1v) is 8.44. The Morgan fingerprint density at radius 3 is 2.43 bits per heavy atom. The van der Waals surface area contributed by atoms with E-state index in [1.807, 2.05) is 0 Å². The maximum absolute atomic E-state index is 12.3. The van der Waals surface area contributed by atoms with Crippen molar-refractivity contribution in [2.45, 2.75) is 18.2 Å². The number of carbonyl (C=O) groups excluding carboxylic acids is 1. The summed E-state index contributed by atoms with van der Waals surface area (Å²) in [7, 11) is -3.54. The minimum atomic E-state index is -3.54. The molecule has 0 aliphatic carbocycles. The number of hydrogen-bond donors (Lipinski definition) is 1. The van der Waals surface area contributed by atoms with E-state index in [1.54, 1.807) is 6.92 Å². The van der Waals surface area contributed by atoms with Gasteiger partial charge in [-0.25, -0.2) is 8.42 Å². The normalized spacial score (nSPS) is 11.2. The first kappa shape index (κ1) is 17.5. The number of hydrogen-bond acceptors (Lipinski definition) is 4. The molecule has 0 aliphatic rings. The zero-order chi connectivity index (χ0) is 16.2. The molecule has 1 amide bonds. The van der Waals surface area contributed by atoms with Gasteiger partial charge in [0.2, 0.25) is 0 Å². The average molecular weight is 334 g/mol. The fourth-order valence-corrected chi connectivity index (χ4v) is 3.04.